The molecular formula is C9H8Cl3N. The lowest BCUT2D eigenvalue weighted by Gasteiger charge is -2.04. The van der Waals surface area contributed by atoms with Crippen LogP contribution in [0.3, 0.4) is 0 Å². The summed E-state index contributed by atoms with van der Waals surface area (Å²) in [5, 5.41) is 8.45. The molecule has 0 aliphatic heterocycles. The first-order chi connectivity index (χ1) is 6.11. The molecule has 4 heteroatoms. The smallest absolute Gasteiger partial charge is 0.0972 e. The summed E-state index contributed by atoms with van der Waals surface area (Å²) in [5.74, 6) is 0. The maximum absolute atomic E-state index is 7.06. The van der Waals surface area contributed by atoms with Crippen LogP contribution in [0.4, 0.5) is 0 Å². The van der Waals surface area contributed by atoms with E-state index in [1.165, 1.54) is 0 Å². The fourth-order valence-electron chi connectivity index (χ4n) is 1.01. The zero-order valence-electron chi connectivity index (χ0n) is 6.78. The van der Waals surface area contributed by atoms with Crippen LogP contribution in [-0.4, -0.2) is 5.17 Å². The fourth-order valence-corrected chi connectivity index (χ4v) is 1.69. The van der Waals surface area contributed by atoms with Gasteiger partial charge in [0.2, 0.25) is 0 Å². The van der Waals surface area contributed by atoms with Crippen LogP contribution in [0.25, 0.3) is 0 Å². The Bertz CT molecular complexity index is 302. The minimum Gasteiger partial charge on any atom is -0.293 e. The van der Waals surface area contributed by atoms with Gasteiger partial charge in [0.05, 0.1) is 5.17 Å². The first kappa shape index (κ1) is 10.8. The van der Waals surface area contributed by atoms with E-state index in [0.29, 0.717) is 22.9 Å². The van der Waals surface area contributed by atoms with Gasteiger partial charge in [-0.1, -0.05) is 40.9 Å². The Labute approximate surface area is 92.1 Å². The number of hydrogen-bond donors (Lipinski definition) is 1. The van der Waals surface area contributed by atoms with E-state index in [-0.39, 0.29) is 5.17 Å². The molecule has 0 aliphatic carbocycles. The van der Waals surface area contributed by atoms with Gasteiger partial charge in [-0.05, 0) is 24.1 Å². The summed E-state index contributed by atoms with van der Waals surface area (Å²) in [4.78, 5) is 0. The van der Waals surface area contributed by atoms with Crippen LogP contribution in [-0.2, 0) is 6.42 Å². The molecule has 0 saturated carbocycles. The molecule has 0 aliphatic rings. The number of nitrogens with one attached hydrogen (secondary N) is 1. The molecule has 0 aromatic heterocycles. The minimum absolute atomic E-state index is 0.121. The normalized spacial score (nSPS) is 10.1. The molecule has 70 valence electrons. The highest BCUT2D eigenvalue weighted by Gasteiger charge is 2.05. The van der Waals surface area contributed by atoms with Crippen molar-refractivity contribution in [3.8, 4) is 0 Å². The van der Waals surface area contributed by atoms with Crippen LogP contribution < -0.4 is 0 Å². The Morgan fingerprint density at radius 1 is 1.23 bits per heavy atom. The van der Waals surface area contributed by atoms with Crippen molar-refractivity contribution in [3.63, 3.8) is 0 Å². The summed E-state index contributed by atoms with van der Waals surface area (Å²) in [6.07, 6.45) is 1.09. The molecule has 0 amide bonds. The molecule has 0 atom stereocenters. The topological polar surface area (TPSA) is 23.9 Å². The zero-order chi connectivity index (χ0) is 9.84. The van der Waals surface area contributed by atoms with E-state index < -0.39 is 0 Å². The van der Waals surface area contributed by atoms with Crippen molar-refractivity contribution in [2.24, 2.45) is 0 Å². The number of hydrogen-bond acceptors (Lipinski definition) is 1. The average molecular weight is 237 g/mol. The molecule has 1 aromatic carbocycles. The van der Waals surface area contributed by atoms with E-state index in [1.807, 2.05) is 0 Å². The third-order valence-electron chi connectivity index (χ3n) is 1.66. The van der Waals surface area contributed by atoms with E-state index in [1.54, 1.807) is 18.2 Å². The Kier molecular flexibility index (Phi) is 4.04. The molecule has 1 aromatic rings. The van der Waals surface area contributed by atoms with Gasteiger partial charge in [-0.3, -0.25) is 5.41 Å². The second-order valence-corrected chi connectivity index (χ2v) is 3.88. The van der Waals surface area contributed by atoms with E-state index in [9.17, 15) is 0 Å². The van der Waals surface area contributed by atoms with Crippen molar-refractivity contribution in [2.45, 2.75) is 12.8 Å². The van der Waals surface area contributed by atoms with Crippen molar-refractivity contribution < 1.29 is 0 Å². The molecule has 1 nitrogen and oxygen atoms in total. The van der Waals surface area contributed by atoms with Gasteiger partial charge in [0, 0.05) is 16.5 Å². The van der Waals surface area contributed by atoms with Gasteiger partial charge >= 0.3 is 0 Å². The third-order valence-corrected chi connectivity index (χ3v) is 2.55. The third kappa shape index (κ3) is 3.18. The predicted octanol–water partition coefficient (Wildman–Crippen LogP) is 4.14. The summed E-state index contributed by atoms with van der Waals surface area (Å²) in [5.41, 5.74) is 0.858. The van der Waals surface area contributed by atoms with Gasteiger partial charge in [0.15, 0.2) is 0 Å². The average Bonchev–Trinajstić information content (AvgIpc) is 2.03. The SMILES string of the molecule is N=C(Cl)CCc1c(Cl)cccc1Cl. The van der Waals surface area contributed by atoms with E-state index in [0.717, 1.165) is 5.56 Å². The van der Waals surface area contributed by atoms with Crippen LogP contribution in [0.15, 0.2) is 18.2 Å². The van der Waals surface area contributed by atoms with Gasteiger partial charge in [-0.25, -0.2) is 0 Å². The van der Waals surface area contributed by atoms with Gasteiger partial charge < -0.3 is 0 Å². The van der Waals surface area contributed by atoms with Crippen LogP contribution in [0, 0.1) is 5.41 Å². The second kappa shape index (κ2) is 4.85. The monoisotopic (exact) mass is 235 g/mol. The minimum atomic E-state index is 0.121. The molecule has 0 saturated heterocycles. The molecule has 13 heavy (non-hydrogen) atoms. The molecule has 1 N–H and O–H groups in total. The summed E-state index contributed by atoms with van der Waals surface area (Å²) in [6, 6.07) is 5.35. The van der Waals surface area contributed by atoms with Gasteiger partial charge in [0.1, 0.15) is 0 Å². The fraction of sp³-hybridized carbons (Fsp3) is 0.222. The van der Waals surface area contributed by atoms with Gasteiger partial charge in [0.25, 0.3) is 0 Å². The largest absolute Gasteiger partial charge is 0.293 e. The molecule has 0 bridgehead atoms. The van der Waals surface area contributed by atoms with E-state index in [4.69, 9.17) is 40.2 Å². The Balaban J connectivity index is 2.81. The lowest BCUT2D eigenvalue weighted by molar-refractivity contribution is 1.04. The highest BCUT2D eigenvalue weighted by atomic mass is 35.5. The maximum Gasteiger partial charge on any atom is 0.0972 e. The van der Waals surface area contributed by atoms with E-state index >= 15 is 0 Å². The quantitative estimate of drug-likeness (QED) is 0.763. The van der Waals surface area contributed by atoms with Crippen LogP contribution in [0.1, 0.15) is 12.0 Å². The summed E-state index contributed by atoms with van der Waals surface area (Å²) < 4.78 is 0. The van der Waals surface area contributed by atoms with Crippen LogP contribution in [0.2, 0.25) is 10.0 Å². The molecule has 0 radical (unpaired) electrons. The van der Waals surface area contributed by atoms with E-state index in [2.05, 4.69) is 0 Å². The van der Waals surface area contributed by atoms with Gasteiger partial charge in [-0.15, -0.1) is 0 Å². The molecule has 1 rings (SSSR count). The number of halogens is 3. The highest BCUT2D eigenvalue weighted by Crippen LogP contribution is 2.25. The van der Waals surface area contributed by atoms with Crippen LogP contribution in [0.5, 0.6) is 0 Å². The first-order valence-corrected chi connectivity index (χ1v) is 4.90. The molecule has 0 spiro atoms. The maximum atomic E-state index is 7.06. The Morgan fingerprint density at radius 3 is 2.23 bits per heavy atom. The summed E-state index contributed by atoms with van der Waals surface area (Å²) in [6.45, 7) is 0. The molecular weight excluding hydrogens is 228 g/mol. The van der Waals surface area contributed by atoms with Crippen molar-refractivity contribution in [1.29, 1.82) is 5.41 Å². The molecule has 0 fully saturated rings. The lowest BCUT2D eigenvalue weighted by atomic mass is 10.1. The predicted molar refractivity (Wildman–Crippen MR) is 58.4 cm³/mol. The number of rotatable bonds is 3. The summed E-state index contributed by atoms with van der Waals surface area (Å²) >= 11 is 17.3. The lowest BCUT2D eigenvalue weighted by Crippen LogP contribution is -1.92. The summed E-state index contributed by atoms with van der Waals surface area (Å²) in [7, 11) is 0. The van der Waals surface area contributed by atoms with Crippen molar-refractivity contribution in [2.75, 3.05) is 0 Å². The molecule has 0 heterocycles. The highest BCUT2D eigenvalue weighted by molar-refractivity contribution is 6.64. The first-order valence-electron chi connectivity index (χ1n) is 3.77. The second-order valence-electron chi connectivity index (χ2n) is 2.61. The Morgan fingerprint density at radius 2 is 1.77 bits per heavy atom. The van der Waals surface area contributed by atoms with Gasteiger partial charge in [-0.2, -0.15) is 0 Å². The van der Waals surface area contributed by atoms with Crippen molar-refractivity contribution >= 4 is 40.0 Å². The Hall–Kier alpha value is -0.240. The zero-order valence-corrected chi connectivity index (χ0v) is 9.05. The van der Waals surface area contributed by atoms with Crippen molar-refractivity contribution in [3.05, 3.63) is 33.8 Å². The van der Waals surface area contributed by atoms with Crippen molar-refractivity contribution in [1.82, 2.24) is 0 Å². The number of benzene rings is 1. The van der Waals surface area contributed by atoms with Crippen LogP contribution >= 0.6 is 34.8 Å². The standard InChI is InChI=1S/C9H8Cl3N/c10-7-2-1-3-8(11)6(7)4-5-9(12)13/h1-3,13H,4-5H2. The molecule has 0 unspecified atom stereocenters.